The van der Waals surface area contributed by atoms with E-state index in [1.54, 1.807) is 0 Å². The first kappa shape index (κ1) is 28.8. The number of hydrogen-bond donors (Lipinski definition) is 0. The number of rotatable bonds is 7. The minimum Gasteiger partial charge on any atom is -0.466 e. The second-order valence-corrected chi connectivity index (χ2v) is 11.6. The maximum absolute atomic E-state index is 13.7. The summed E-state index contributed by atoms with van der Waals surface area (Å²) in [4.78, 5) is 27.3. The Morgan fingerprint density at radius 2 is 1.04 bits per heavy atom. The van der Waals surface area contributed by atoms with Gasteiger partial charge in [0.05, 0.1) is 31.5 Å². The van der Waals surface area contributed by atoms with Crippen molar-refractivity contribution >= 4 is 34.2 Å². The van der Waals surface area contributed by atoms with Gasteiger partial charge in [-0.1, -0.05) is 128 Å². The van der Waals surface area contributed by atoms with Crippen LogP contribution in [0.4, 0.5) is 0 Å². The molecule has 1 fully saturated rings. The molecule has 5 nitrogen and oxygen atoms in total. The van der Waals surface area contributed by atoms with Crippen molar-refractivity contribution in [1.29, 1.82) is 0 Å². The molecular formula is C40H34O5. The molecule has 0 aromatic heterocycles. The normalized spacial score (nSPS) is 23.7. The zero-order valence-corrected chi connectivity index (χ0v) is 25.5. The number of carbonyl (C=O) groups excluding carboxylic acids is 2. The largest absolute Gasteiger partial charge is 0.466 e. The monoisotopic (exact) mass is 594 g/mol. The van der Waals surface area contributed by atoms with E-state index >= 15 is 0 Å². The van der Waals surface area contributed by atoms with Gasteiger partial charge < -0.3 is 14.2 Å². The predicted octanol–water partition coefficient (Wildman–Crippen LogP) is 7.66. The van der Waals surface area contributed by atoms with E-state index in [-0.39, 0.29) is 23.0 Å². The highest BCUT2D eigenvalue weighted by Crippen LogP contribution is 2.68. The van der Waals surface area contributed by atoms with Crippen LogP contribution in [-0.2, 0) is 23.8 Å². The Balaban J connectivity index is 1.70. The van der Waals surface area contributed by atoms with Gasteiger partial charge >= 0.3 is 11.9 Å². The van der Waals surface area contributed by atoms with Gasteiger partial charge in [-0.15, -0.1) is 0 Å². The molecule has 2 heterocycles. The lowest BCUT2D eigenvalue weighted by molar-refractivity contribution is -0.140. The fourth-order valence-electron chi connectivity index (χ4n) is 7.88. The SMILES string of the molecule is CCC12OC(C(C(=O)OC)=C1C(=O)OC)C1C(c3ccccc3)=C(c3ccccc3)C(c3ccccc3)=C(c3ccccc3)C12. The second kappa shape index (κ2) is 11.5. The summed E-state index contributed by atoms with van der Waals surface area (Å²) in [6.07, 6.45) is -0.266. The molecule has 0 radical (unpaired) electrons. The fraction of sp³-hybridized carbons (Fsp3) is 0.200. The Bertz CT molecular complexity index is 1860. The van der Waals surface area contributed by atoms with Crippen LogP contribution in [0, 0.1) is 11.8 Å². The van der Waals surface area contributed by atoms with Gasteiger partial charge in [0.1, 0.15) is 5.60 Å². The van der Waals surface area contributed by atoms with Crippen LogP contribution in [0.2, 0.25) is 0 Å². The van der Waals surface area contributed by atoms with Gasteiger partial charge in [-0.25, -0.2) is 9.59 Å². The highest BCUT2D eigenvalue weighted by Gasteiger charge is 2.69. The summed E-state index contributed by atoms with van der Waals surface area (Å²) in [5, 5.41) is 0. The molecule has 224 valence electrons. The number of ether oxygens (including phenoxy) is 3. The first-order valence-electron chi connectivity index (χ1n) is 15.3. The molecule has 7 rings (SSSR count). The first-order chi connectivity index (χ1) is 22.1. The van der Waals surface area contributed by atoms with Crippen molar-refractivity contribution < 1.29 is 23.8 Å². The summed E-state index contributed by atoms with van der Waals surface area (Å²) in [5.74, 6) is -1.74. The Labute approximate surface area is 263 Å². The molecule has 45 heavy (non-hydrogen) atoms. The van der Waals surface area contributed by atoms with Gasteiger partial charge in [0.25, 0.3) is 0 Å². The van der Waals surface area contributed by atoms with E-state index in [2.05, 4.69) is 72.8 Å². The van der Waals surface area contributed by atoms with Crippen molar-refractivity contribution in [3.63, 3.8) is 0 Å². The minimum atomic E-state index is -1.13. The molecule has 1 saturated heterocycles. The van der Waals surface area contributed by atoms with Crippen molar-refractivity contribution in [3.8, 4) is 0 Å². The third-order valence-electron chi connectivity index (χ3n) is 9.55. The number of fused-ring (bicyclic) bond motifs is 5. The summed E-state index contributed by atoms with van der Waals surface area (Å²) >= 11 is 0. The summed E-state index contributed by atoms with van der Waals surface area (Å²) in [5.41, 5.74) is 7.93. The third-order valence-corrected chi connectivity index (χ3v) is 9.55. The number of carbonyl (C=O) groups is 2. The van der Waals surface area contributed by atoms with Crippen molar-refractivity contribution in [1.82, 2.24) is 0 Å². The Morgan fingerprint density at radius 1 is 0.622 bits per heavy atom. The van der Waals surface area contributed by atoms with Crippen LogP contribution in [0.5, 0.6) is 0 Å². The molecule has 4 aromatic rings. The standard InChI is InChI=1S/C40H34O5/c1-4-40-35-32(28-23-15-8-16-24-28)30(26-19-11-6-12-20-26)29(25-17-9-5-10-18-25)31(27-21-13-7-14-22-27)33(35)37(45-40)34(38(41)43-2)36(40)39(42)44-3/h5-24,33,35,37H,4H2,1-3H3. The van der Waals surface area contributed by atoms with Crippen LogP contribution in [0.1, 0.15) is 35.6 Å². The molecule has 0 N–H and O–H groups in total. The molecular weight excluding hydrogens is 560 g/mol. The molecule has 4 unspecified atom stereocenters. The second-order valence-electron chi connectivity index (χ2n) is 11.6. The van der Waals surface area contributed by atoms with Crippen molar-refractivity contribution in [2.24, 2.45) is 11.8 Å². The maximum atomic E-state index is 13.7. The highest BCUT2D eigenvalue weighted by molar-refractivity contribution is 6.25. The minimum absolute atomic E-state index is 0.254. The predicted molar refractivity (Wildman–Crippen MR) is 175 cm³/mol. The van der Waals surface area contributed by atoms with Gasteiger partial charge in [-0.3, -0.25) is 0 Å². The van der Waals surface area contributed by atoms with Crippen LogP contribution >= 0.6 is 0 Å². The summed E-state index contributed by atoms with van der Waals surface area (Å²) < 4.78 is 17.7. The van der Waals surface area contributed by atoms with E-state index in [0.717, 1.165) is 44.5 Å². The van der Waals surface area contributed by atoms with Gasteiger partial charge in [-0.2, -0.15) is 0 Å². The van der Waals surface area contributed by atoms with Crippen LogP contribution in [-0.4, -0.2) is 37.9 Å². The van der Waals surface area contributed by atoms with Crippen LogP contribution in [0.25, 0.3) is 22.3 Å². The van der Waals surface area contributed by atoms with Crippen molar-refractivity contribution in [3.05, 3.63) is 155 Å². The quantitative estimate of drug-likeness (QED) is 0.206. The Morgan fingerprint density at radius 3 is 1.49 bits per heavy atom. The smallest absolute Gasteiger partial charge is 0.337 e. The number of hydrogen-bond acceptors (Lipinski definition) is 5. The number of esters is 2. The first-order valence-corrected chi connectivity index (χ1v) is 15.3. The fourth-order valence-corrected chi connectivity index (χ4v) is 7.88. The average Bonchev–Trinajstić information content (AvgIpc) is 3.64. The van der Waals surface area contributed by atoms with E-state index in [9.17, 15) is 9.59 Å². The number of allylic oxidation sites excluding steroid dienone is 2. The van der Waals surface area contributed by atoms with E-state index in [0.29, 0.717) is 6.42 Å². The molecule has 0 amide bonds. The molecule has 5 heteroatoms. The van der Waals surface area contributed by atoms with E-state index in [4.69, 9.17) is 14.2 Å². The van der Waals surface area contributed by atoms with Gasteiger partial charge in [0, 0.05) is 11.8 Å². The molecule has 4 atom stereocenters. The van der Waals surface area contributed by atoms with E-state index in [1.165, 1.54) is 14.2 Å². The Hall–Kier alpha value is -5.00. The lowest BCUT2D eigenvalue weighted by atomic mass is 9.56. The zero-order valence-electron chi connectivity index (χ0n) is 25.5. The lowest BCUT2D eigenvalue weighted by Crippen LogP contribution is -2.46. The molecule has 0 spiro atoms. The van der Waals surface area contributed by atoms with E-state index in [1.807, 2.05) is 55.5 Å². The van der Waals surface area contributed by atoms with Gasteiger partial charge in [0.15, 0.2) is 0 Å². The molecule has 2 bridgehead atoms. The molecule has 4 aromatic carbocycles. The average molecular weight is 595 g/mol. The van der Waals surface area contributed by atoms with E-state index < -0.39 is 23.6 Å². The van der Waals surface area contributed by atoms with Crippen LogP contribution < -0.4 is 0 Å². The molecule has 0 saturated carbocycles. The molecule has 3 aliphatic rings. The van der Waals surface area contributed by atoms with Crippen LogP contribution in [0.3, 0.4) is 0 Å². The van der Waals surface area contributed by atoms with Gasteiger partial charge in [0.2, 0.25) is 0 Å². The maximum Gasteiger partial charge on any atom is 0.337 e. The Kier molecular flexibility index (Phi) is 7.34. The zero-order chi connectivity index (χ0) is 31.1. The van der Waals surface area contributed by atoms with Crippen molar-refractivity contribution in [2.75, 3.05) is 14.2 Å². The molecule has 1 aliphatic carbocycles. The third kappa shape index (κ3) is 4.33. The lowest BCUT2D eigenvalue weighted by Gasteiger charge is -2.44. The number of methoxy groups -OCH3 is 2. The number of benzene rings is 4. The topological polar surface area (TPSA) is 61.8 Å². The summed E-state index contributed by atoms with van der Waals surface area (Å²) in [6, 6.07) is 41.6. The summed E-state index contributed by atoms with van der Waals surface area (Å²) in [6.45, 7) is 2.02. The molecule has 2 aliphatic heterocycles. The van der Waals surface area contributed by atoms with Crippen molar-refractivity contribution in [2.45, 2.75) is 25.0 Å². The highest BCUT2D eigenvalue weighted by atomic mass is 16.6. The van der Waals surface area contributed by atoms with Crippen LogP contribution in [0.15, 0.2) is 132 Å². The van der Waals surface area contributed by atoms with Gasteiger partial charge in [-0.05, 0) is 51.0 Å². The summed E-state index contributed by atoms with van der Waals surface area (Å²) in [7, 11) is 2.70.